The Balaban J connectivity index is 1.77. The summed E-state index contributed by atoms with van der Waals surface area (Å²) in [4.78, 5) is 7.58. The number of para-hydroxylation sites is 2. The van der Waals surface area contributed by atoms with Gasteiger partial charge in [-0.3, -0.25) is 4.90 Å². The van der Waals surface area contributed by atoms with Gasteiger partial charge in [0.05, 0.1) is 12.8 Å². The van der Waals surface area contributed by atoms with Crippen LogP contribution in [0.25, 0.3) is 0 Å². The second-order valence-corrected chi connectivity index (χ2v) is 5.71. The second-order valence-electron chi connectivity index (χ2n) is 5.32. The zero-order valence-corrected chi connectivity index (χ0v) is 12.9. The highest BCUT2D eigenvalue weighted by molar-refractivity contribution is 7.80. The Bertz CT molecular complexity index is 556. The van der Waals surface area contributed by atoms with Gasteiger partial charge in [0.2, 0.25) is 5.72 Å². The third-order valence-electron chi connectivity index (χ3n) is 4.03. The molecule has 0 aromatic heterocycles. The molecule has 0 bridgehead atoms. The smallest absolute Gasteiger partial charge is 0.216 e. The number of nitrogens with zero attached hydrogens (tertiary/aromatic N) is 2. The van der Waals surface area contributed by atoms with Crippen molar-refractivity contribution in [3.8, 4) is 5.75 Å². The molecule has 0 radical (unpaired) electrons. The first-order valence-corrected chi connectivity index (χ1v) is 7.61. The molecule has 21 heavy (non-hydrogen) atoms. The summed E-state index contributed by atoms with van der Waals surface area (Å²) in [5.41, 5.74) is 0.445. The lowest BCUT2D eigenvalue weighted by Gasteiger charge is -2.38. The average molecular weight is 305 g/mol. The van der Waals surface area contributed by atoms with Crippen molar-refractivity contribution in [2.24, 2.45) is 5.16 Å². The molecule has 0 amide bonds. The fraction of sp³-hybridized carbons (Fsp3) is 0.467. The molecule has 112 valence electrons. The molecule has 0 unspecified atom stereocenters. The van der Waals surface area contributed by atoms with E-state index in [1.54, 1.807) is 13.4 Å². The predicted octanol–water partition coefficient (Wildman–Crippen LogP) is 3.33. The van der Waals surface area contributed by atoms with Gasteiger partial charge in [-0.05, 0) is 37.2 Å². The molecular formula is C15H19N3O2S. The first kappa shape index (κ1) is 14.1. The molecule has 1 fully saturated rings. The normalized spacial score (nSPS) is 19.4. The van der Waals surface area contributed by atoms with Crippen LogP contribution in [0.1, 0.15) is 32.1 Å². The molecule has 0 atom stereocenters. The van der Waals surface area contributed by atoms with Crippen molar-refractivity contribution in [3.63, 3.8) is 0 Å². The Hall–Kier alpha value is -1.82. The minimum Gasteiger partial charge on any atom is -0.495 e. The lowest BCUT2D eigenvalue weighted by molar-refractivity contribution is -0.0985. The number of rotatable bonds is 2. The summed E-state index contributed by atoms with van der Waals surface area (Å²) in [6, 6.07) is 7.71. The van der Waals surface area contributed by atoms with Gasteiger partial charge in [-0.15, -0.1) is 0 Å². The number of oxime groups is 1. The van der Waals surface area contributed by atoms with Crippen LogP contribution < -0.4 is 10.1 Å². The van der Waals surface area contributed by atoms with Crippen molar-refractivity contribution in [3.05, 3.63) is 24.3 Å². The number of hydrogen-bond acceptors (Lipinski definition) is 4. The molecular weight excluding hydrogens is 286 g/mol. The van der Waals surface area contributed by atoms with Crippen molar-refractivity contribution >= 4 is 29.4 Å². The number of methoxy groups -OCH3 is 1. The topological polar surface area (TPSA) is 46.1 Å². The quantitative estimate of drug-likeness (QED) is 0.849. The van der Waals surface area contributed by atoms with E-state index in [-0.39, 0.29) is 0 Å². The molecule has 1 N–H and O–H groups in total. The molecule has 2 aliphatic rings. The number of thiocarbonyl (C=S) groups is 1. The van der Waals surface area contributed by atoms with Crippen LogP contribution in [0.15, 0.2) is 29.4 Å². The maximum absolute atomic E-state index is 5.65. The van der Waals surface area contributed by atoms with Crippen molar-refractivity contribution in [1.82, 2.24) is 4.90 Å². The summed E-state index contributed by atoms with van der Waals surface area (Å²) < 4.78 is 5.34. The van der Waals surface area contributed by atoms with Gasteiger partial charge >= 0.3 is 0 Å². The predicted molar refractivity (Wildman–Crippen MR) is 86.4 cm³/mol. The van der Waals surface area contributed by atoms with Gasteiger partial charge in [0.15, 0.2) is 5.11 Å². The molecule has 1 aliphatic carbocycles. The summed E-state index contributed by atoms with van der Waals surface area (Å²) in [5.74, 6) is 0.759. The third kappa shape index (κ3) is 2.68. The van der Waals surface area contributed by atoms with Gasteiger partial charge in [-0.25, -0.2) is 0 Å². The van der Waals surface area contributed by atoms with Gasteiger partial charge in [-0.1, -0.05) is 23.7 Å². The van der Waals surface area contributed by atoms with Crippen molar-refractivity contribution in [2.45, 2.75) is 37.8 Å². The van der Waals surface area contributed by atoms with E-state index in [4.69, 9.17) is 21.8 Å². The highest BCUT2D eigenvalue weighted by atomic mass is 32.1. The molecule has 3 rings (SSSR count). The van der Waals surface area contributed by atoms with Crippen LogP contribution in [0.5, 0.6) is 5.75 Å². The standard InChI is InChI=1S/C15H19N3O2S/c1-19-13-8-4-3-7-12(13)17-14(21)18-11-16-20-15(18)9-5-2-6-10-15/h3-4,7-8,11H,2,5-6,9-10H2,1H3,(H,17,21). The van der Waals surface area contributed by atoms with Gasteiger partial charge in [0, 0.05) is 12.8 Å². The van der Waals surface area contributed by atoms with E-state index in [2.05, 4.69) is 10.5 Å². The number of benzene rings is 1. The summed E-state index contributed by atoms with van der Waals surface area (Å²) in [5, 5.41) is 7.81. The SMILES string of the molecule is COc1ccccc1NC(=S)N1C=NOC12CCCCC2. The fourth-order valence-corrected chi connectivity index (χ4v) is 3.24. The monoisotopic (exact) mass is 305 g/mol. The number of hydrogen-bond donors (Lipinski definition) is 1. The number of ether oxygens (including phenoxy) is 1. The van der Waals surface area contributed by atoms with Crippen molar-refractivity contribution in [1.29, 1.82) is 0 Å². The van der Waals surface area contributed by atoms with Crippen molar-refractivity contribution < 1.29 is 9.57 Å². The van der Waals surface area contributed by atoms with Crippen LogP contribution in [0, 0.1) is 0 Å². The summed E-state index contributed by atoms with van der Waals surface area (Å²) >= 11 is 5.54. The Morgan fingerprint density at radius 3 is 2.86 bits per heavy atom. The Labute approximate surface area is 129 Å². The Morgan fingerprint density at radius 1 is 1.33 bits per heavy atom. The largest absolute Gasteiger partial charge is 0.495 e. The van der Waals surface area contributed by atoms with Crippen LogP contribution in [0.4, 0.5) is 5.69 Å². The molecule has 0 saturated heterocycles. The number of anilines is 1. The van der Waals surface area contributed by atoms with E-state index in [1.807, 2.05) is 29.2 Å². The fourth-order valence-electron chi connectivity index (χ4n) is 2.92. The van der Waals surface area contributed by atoms with Crippen LogP contribution >= 0.6 is 12.2 Å². The van der Waals surface area contributed by atoms with Gasteiger partial charge < -0.3 is 14.9 Å². The molecule has 1 aromatic rings. The molecule has 6 heteroatoms. The Kier molecular flexibility index (Phi) is 3.96. The van der Waals surface area contributed by atoms with Crippen LogP contribution in [0.3, 0.4) is 0 Å². The maximum atomic E-state index is 5.65. The highest BCUT2D eigenvalue weighted by Gasteiger charge is 2.44. The van der Waals surface area contributed by atoms with E-state index in [1.165, 1.54) is 6.42 Å². The Morgan fingerprint density at radius 2 is 2.10 bits per heavy atom. The summed E-state index contributed by atoms with van der Waals surface area (Å²) in [6.45, 7) is 0. The van der Waals surface area contributed by atoms with E-state index >= 15 is 0 Å². The highest BCUT2D eigenvalue weighted by Crippen LogP contribution is 2.37. The molecule has 1 saturated carbocycles. The average Bonchev–Trinajstić information content (AvgIpc) is 2.91. The lowest BCUT2D eigenvalue weighted by Crippen LogP contribution is -2.51. The minimum absolute atomic E-state index is 0.398. The maximum Gasteiger partial charge on any atom is 0.216 e. The van der Waals surface area contributed by atoms with E-state index in [9.17, 15) is 0 Å². The minimum atomic E-state index is -0.398. The molecule has 1 heterocycles. The molecule has 5 nitrogen and oxygen atoms in total. The second kappa shape index (κ2) is 5.89. The molecule has 1 aromatic carbocycles. The van der Waals surface area contributed by atoms with E-state index in [0.29, 0.717) is 5.11 Å². The first-order chi connectivity index (χ1) is 10.2. The number of nitrogens with one attached hydrogen (secondary N) is 1. The zero-order chi connectivity index (χ0) is 14.7. The van der Waals surface area contributed by atoms with Gasteiger partial charge in [0.1, 0.15) is 12.1 Å². The van der Waals surface area contributed by atoms with Gasteiger partial charge in [-0.2, -0.15) is 0 Å². The lowest BCUT2D eigenvalue weighted by atomic mass is 9.91. The summed E-state index contributed by atoms with van der Waals surface area (Å²) in [7, 11) is 1.65. The van der Waals surface area contributed by atoms with Gasteiger partial charge in [0.25, 0.3) is 0 Å². The first-order valence-electron chi connectivity index (χ1n) is 7.20. The third-order valence-corrected chi connectivity index (χ3v) is 4.33. The summed E-state index contributed by atoms with van der Waals surface area (Å²) in [6.07, 6.45) is 7.08. The zero-order valence-electron chi connectivity index (χ0n) is 12.0. The van der Waals surface area contributed by atoms with Crippen molar-refractivity contribution in [2.75, 3.05) is 12.4 Å². The van der Waals surface area contributed by atoms with Crippen LogP contribution in [-0.4, -0.2) is 29.2 Å². The van der Waals surface area contributed by atoms with E-state index in [0.717, 1.165) is 37.1 Å². The van der Waals surface area contributed by atoms with Crippen LogP contribution in [-0.2, 0) is 4.84 Å². The van der Waals surface area contributed by atoms with E-state index < -0.39 is 5.72 Å². The van der Waals surface area contributed by atoms with Crippen LogP contribution in [0.2, 0.25) is 0 Å². The molecule has 1 spiro atoms. The molecule has 1 aliphatic heterocycles.